The summed E-state index contributed by atoms with van der Waals surface area (Å²) in [6, 6.07) is 0. The van der Waals surface area contributed by atoms with Crippen molar-refractivity contribution in [2.24, 2.45) is 5.92 Å². The topological polar surface area (TPSA) is 26.3 Å². The average molecular weight is 198 g/mol. The summed E-state index contributed by atoms with van der Waals surface area (Å²) in [6.45, 7) is 10.1. The molecule has 0 rings (SSSR count). The monoisotopic (exact) mass is 198 g/mol. The van der Waals surface area contributed by atoms with Crippen molar-refractivity contribution in [3.05, 3.63) is 12.2 Å². The fourth-order valence-electron chi connectivity index (χ4n) is 1.44. The van der Waals surface area contributed by atoms with Gasteiger partial charge in [0.1, 0.15) is 0 Å². The van der Waals surface area contributed by atoms with Crippen LogP contribution in [-0.4, -0.2) is 12.6 Å². The molecule has 0 unspecified atom stereocenters. The minimum absolute atomic E-state index is 0.262. The van der Waals surface area contributed by atoms with Gasteiger partial charge in [0.25, 0.3) is 0 Å². The lowest BCUT2D eigenvalue weighted by atomic mass is 9.99. The van der Waals surface area contributed by atoms with E-state index in [1.54, 1.807) is 6.92 Å². The minimum atomic E-state index is -0.262. The van der Waals surface area contributed by atoms with Crippen LogP contribution in [0.15, 0.2) is 12.2 Å². The van der Waals surface area contributed by atoms with E-state index in [4.69, 9.17) is 4.74 Å². The summed E-state index contributed by atoms with van der Waals surface area (Å²) in [4.78, 5) is 11.1. The van der Waals surface area contributed by atoms with E-state index < -0.39 is 0 Å². The molecule has 0 heterocycles. The fraction of sp³-hybridized carbons (Fsp3) is 0.750. The van der Waals surface area contributed by atoms with Crippen LogP contribution in [0.4, 0.5) is 0 Å². The lowest BCUT2D eigenvalue weighted by Gasteiger charge is -2.15. The zero-order chi connectivity index (χ0) is 11.0. The van der Waals surface area contributed by atoms with Crippen LogP contribution in [0, 0.1) is 5.92 Å². The van der Waals surface area contributed by atoms with E-state index in [2.05, 4.69) is 20.4 Å². The van der Waals surface area contributed by atoms with Crippen molar-refractivity contribution < 1.29 is 9.53 Å². The molecule has 0 aliphatic rings. The van der Waals surface area contributed by atoms with Gasteiger partial charge in [-0.2, -0.15) is 0 Å². The van der Waals surface area contributed by atoms with Gasteiger partial charge >= 0.3 is 5.97 Å². The smallest absolute Gasteiger partial charge is 0.333 e. The quantitative estimate of drug-likeness (QED) is 0.463. The minimum Gasteiger partial charge on any atom is -0.462 e. The molecule has 0 aromatic carbocycles. The van der Waals surface area contributed by atoms with E-state index in [0.29, 0.717) is 18.1 Å². The second kappa shape index (κ2) is 7.60. The lowest BCUT2D eigenvalue weighted by molar-refractivity contribution is -0.140. The number of rotatable bonds is 7. The number of esters is 1. The number of hydrogen-bond acceptors (Lipinski definition) is 2. The highest BCUT2D eigenvalue weighted by molar-refractivity contribution is 5.86. The van der Waals surface area contributed by atoms with E-state index in [1.165, 1.54) is 0 Å². The van der Waals surface area contributed by atoms with Crippen molar-refractivity contribution in [1.82, 2.24) is 0 Å². The molecule has 0 spiro atoms. The van der Waals surface area contributed by atoms with Crippen LogP contribution in [0.1, 0.15) is 46.5 Å². The van der Waals surface area contributed by atoms with Gasteiger partial charge in [-0.15, -0.1) is 0 Å². The highest BCUT2D eigenvalue weighted by Crippen LogP contribution is 2.14. The van der Waals surface area contributed by atoms with Crippen molar-refractivity contribution in [2.75, 3.05) is 6.61 Å². The normalized spacial score (nSPS) is 10.3. The fourth-order valence-corrected chi connectivity index (χ4v) is 1.44. The lowest BCUT2D eigenvalue weighted by Crippen LogP contribution is -2.14. The van der Waals surface area contributed by atoms with Crippen molar-refractivity contribution in [1.29, 1.82) is 0 Å². The second-order valence-corrected chi connectivity index (χ2v) is 3.82. The van der Waals surface area contributed by atoms with Crippen molar-refractivity contribution >= 4 is 5.97 Å². The van der Waals surface area contributed by atoms with Gasteiger partial charge in [0.15, 0.2) is 0 Å². The summed E-state index contributed by atoms with van der Waals surface area (Å²) in [5.41, 5.74) is 0.483. The molecule has 0 radical (unpaired) electrons. The second-order valence-electron chi connectivity index (χ2n) is 3.82. The molecular formula is C12H22O2. The van der Waals surface area contributed by atoms with Gasteiger partial charge in [-0.05, 0) is 25.7 Å². The maximum Gasteiger partial charge on any atom is 0.333 e. The molecule has 0 saturated heterocycles. The molecule has 0 atom stereocenters. The SMILES string of the molecule is C=C(C)C(=O)OCC(CCC)CCC. The first-order valence-corrected chi connectivity index (χ1v) is 5.44. The average Bonchev–Trinajstić information content (AvgIpc) is 2.14. The molecule has 2 nitrogen and oxygen atoms in total. The number of hydrogen-bond donors (Lipinski definition) is 0. The van der Waals surface area contributed by atoms with Crippen molar-refractivity contribution in [3.63, 3.8) is 0 Å². The summed E-state index contributed by atoms with van der Waals surface area (Å²) in [5, 5.41) is 0. The summed E-state index contributed by atoms with van der Waals surface area (Å²) in [7, 11) is 0. The van der Waals surface area contributed by atoms with Gasteiger partial charge in [0.05, 0.1) is 6.61 Å². The van der Waals surface area contributed by atoms with Crippen LogP contribution in [0.3, 0.4) is 0 Å². The van der Waals surface area contributed by atoms with Crippen molar-refractivity contribution in [2.45, 2.75) is 46.5 Å². The van der Waals surface area contributed by atoms with Crippen LogP contribution in [-0.2, 0) is 9.53 Å². The Balaban J connectivity index is 3.80. The zero-order valence-corrected chi connectivity index (χ0v) is 9.64. The molecule has 0 amide bonds. The highest BCUT2D eigenvalue weighted by Gasteiger charge is 2.10. The van der Waals surface area contributed by atoms with Crippen LogP contribution >= 0.6 is 0 Å². The van der Waals surface area contributed by atoms with Crippen molar-refractivity contribution in [3.8, 4) is 0 Å². The number of carbonyl (C=O) groups excluding carboxylic acids is 1. The standard InChI is InChI=1S/C12H22O2/c1-5-7-11(8-6-2)9-14-12(13)10(3)4/h11H,3,5-9H2,1-2,4H3. The van der Waals surface area contributed by atoms with Crippen LogP contribution in [0.5, 0.6) is 0 Å². The molecule has 0 fully saturated rings. The Morgan fingerprint density at radius 3 is 2.14 bits per heavy atom. The predicted molar refractivity (Wildman–Crippen MR) is 59.1 cm³/mol. The Morgan fingerprint density at radius 1 is 1.29 bits per heavy atom. The van der Waals surface area contributed by atoms with E-state index in [0.717, 1.165) is 25.7 Å². The molecule has 0 N–H and O–H groups in total. The van der Waals surface area contributed by atoms with Gasteiger partial charge in [-0.1, -0.05) is 33.3 Å². The predicted octanol–water partition coefficient (Wildman–Crippen LogP) is 3.32. The summed E-state index contributed by atoms with van der Waals surface area (Å²) in [6.07, 6.45) is 4.57. The van der Waals surface area contributed by atoms with E-state index in [1.807, 2.05) is 0 Å². The summed E-state index contributed by atoms with van der Waals surface area (Å²) < 4.78 is 5.13. The number of carbonyl (C=O) groups is 1. The Hall–Kier alpha value is -0.790. The molecule has 0 bridgehead atoms. The largest absolute Gasteiger partial charge is 0.462 e. The van der Waals surface area contributed by atoms with Gasteiger partial charge in [0.2, 0.25) is 0 Å². The Bertz CT molecular complexity index is 179. The van der Waals surface area contributed by atoms with E-state index in [9.17, 15) is 4.79 Å². The van der Waals surface area contributed by atoms with Gasteiger partial charge in [-0.25, -0.2) is 4.79 Å². The first-order valence-electron chi connectivity index (χ1n) is 5.44. The molecular weight excluding hydrogens is 176 g/mol. The van der Waals surface area contributed by atoms with Gasteiger partial charge in [0, 0.05) is 5.57 Å². The maximum absolute atomic E-state index is 11.1. The van der Waals surface area contributed by atoms with E-state index in [-0.39, 0.29) is 5.97 Å². The number of ether oxygens (including phenoxy) is 1. The Morgan fingerprint density at radius 2 is 1.79 bits per heavy atom. The molecule has 82 valence electrons. The zero-order valence-electron chi connectivity index (χ0n) is 9.64. The molecule has 2 heteroatoms. The molecule has 0 aliphatic carbocycles. The summed E-state index contributed by atoms with van der Waals surface area (Å²) in [5.74, 6) is 0.260. The third-order valence-electron chi connectivity index (χ3n) is 2.19. The van der Waals surface area contributed by atoms with Crippen LogP contribution in [0.2, 0.25) is 0 Å². The molecule has 0 saturated carbocycles. The molecule has 0 aliphatic heterocycles. The third-order valence-corrected chi connectivity index (χ3v) is 2.19. The molecule has 14 heavy (non-hydrogen) atoms. The van der Waals surface area contributed by atoms with E-state index >= 15 is 0 Å². The highest BCUT2D eigenvalue weighted by atomic mass is 16.5. The first kappa shape index (κ1) is 13.2. The van der Waals surface area contributed by atoms with Gasteiger partial charge < -0.3 is 4.74 Å². The van der Waals surface area contributed by atoms with Gasteiger partial charge in [-0.3, -0.25) is 0 Å². The third kappa shape index (κ3) is 5.79. The summed E-state index contributed by atoms with van der Waals surface area (Å²) >= 11 is 0. The maximum atomic E-state index is 11.1. The Kier molecular flexibility index (Phi) is 7.17. The first-order chi connectivity index (χ1) is 6.61. The Labute approximate surface area is 87.3 Å². The molecule has 0 aromatic rings. The van der Waals surface area contributed by atoms with Crippen LogP contribution in [0.25, 0.3) is 0 Å². The van der Waals surface area contributed by atoms with Crippen LogP contribution < -0.4 is 0 Å². The molecule has 0 aromatic heterocycles.